The van der Waals surface area contributed by atoms with Gasteiger partial charge in [0.05, 0.1) is 7.11 Å². The third-order valence-corrected chi connectivity index (χ3v) is 4.23. The number of methoxy groups -OCH3 is 1. The van der Waals surface area contributed by atoms with Crippen molar-refractivity contribution in [3.05, 3.63) is 60.0 Å². The van der Waals surface area contributed by atoms with Crippen LogP contribution in [0.2, 0.25) is 0 Å². The van der Waals surface area contributed by atoms with Crippen LogP contribution in [0.3, 0.4) is 0 Å². The van der Waals surface area contributed by atoms with Gasteiger partial charge in [-0.2, -0.15) is 0 Å². The molecule has 1 amide bonds. The van der Waals surface area contributed by atoms with Crippen molar-refractivity contribution < 1.29 is 19.0 Å². The maximum absolute atomic E-state index is 12.7. The van der Waals surface area contributed by atoms with Gasteiger partial charge in [0.15, 0.2) is 11.5 Å². The zero-order valence-corrected chi connectivity index (χ0v) is 16.1. The van der Waals surface area contributed by atoms with Gasteiger partial charge in [-0.05, 0) is 43.3 Å². The molecule has 0 unspecified atom stereocenters. The summed E-state index contributed by atoms with van der Waals surface area (Å²) in [5.74, 6) is 2.69. The van der Waals surface area contributed by atoms with E-state index in [1.54, 1.807) is 38.3 Å². The number of nitrogens with zero attached hydrogens (tertiary/aromatic N) is 2. The number of anilines is 3. The van der Waals surface area contributed by atoms with Crippen molar-refractivity contribution in [2.75, 3.05) is 31.0 Å². The molecule has 0 fully saturated rings. The van der Waals surface area contributed by atoms with E-state index in [0.29, 0.717) is 42.0 Å². The zero-order valence-electron chi connectivity index (χ0n) is 16.1. The van der Waals surface area contributed by atoms with Gasteiger partial charge in [-0.15, -0.1) is 0 Å². The van der Waals surface area contributed by atoms with E-state index in [0.717, 1.165) is 11.4 Å². The highest BCUT2D eigenvalue weighted by Crippen LogP contribution is 2.32. The van der Waals surface area contributed by atoms with Crippen molar-refractivity contribution in [1.29, 1.82) is 0 Å². The van der Waals surface area contributed by atoms with E-state index in [4.69, 9.17) is 14.2 Å². The van der Waals surface area contributed by atoms with Crippen LogP contribution < -0.4 is 24.8 Å². The molecule has 3 aromatic rings. The number of benzene rings is 2. The van der Waals surface area contributed by atoms with Crippen LogP contribution in [0.5, 0.6) is 17.2 Å². The Morgan fingerprint density at radius 1 is 0.966 bits per heavy atom. The monoisotopic (exact) mass is 392 g/mol. The van der Waals surface area contributed by atoms with Gasteiger partial charge in [-0.3, -0.25) is 4.79 Å². The second-order valence-electron chi connectivity index (χ2n) is 6.35. The summed E-state index contributed by atoms with van der Waals surface area (Å²) in [6.45, 7) is 2.73. The number of ether oxygens (including phenoxy) is 3. The van der Waals surface area contributed by atoms with Crippen molar-refractivity contribution in [2.45, 2.75) is 6.92 Å². The lowest BCUT2D eigenvalue weighted by atomic mass is 10.2. The van der Waals surface area contributed by atoms with Gasteiger partial charge in [0.2, 0.25) is 0 Å². The van der Waals surface area contributed by atoms with E-state index >= 15 is 0 Å². The maximum Gasteiger partial charge on any atom is 0.274 e. The molecule has 0 spiro atoms. The van der Waals surface area contributed by atoms with Crippen LogP contribution in [0.25, 0.3) is 0 Å². The second-order valence-corrected chi connectivity index (χ2v) is 6.35. The standard InChI is InChI=1S/C21H20N4O4/c1-13-22-17(12-20(23-13)24-14-3-6-16(27-2)7-4-14)21(26)25-15-5-8-18-19(11-15)29-10-9-28-18/h3-8,11-12H,9-10H2,1-2H3,(H,25,26)(H,22,23,24). The average molecular weight is 392 g/mol. The van der Waals surface area contributed by atoms with Crippen molar-refractivity contribution in [3.8, 4) is 17.2 Å². The van der Waals surface area contributed by atoms with Crippen molar-refractivity contribution in [2.24, 2.45) is 0 Å². The molecule has 0 atom stereocenters. The predicted octanol–water partition coefficient (Wildman–Crippen LogP) is 3.56. The number of carbonyl (C=O) groups is 1. The number of fused-ring (bicyclic) bond motifs is 1. The van der Waals surface area contributed by atoms with Crippen LogP contribution in [-0.4, -0.2) is 36.2 Å². The van der Waals surface area contributed by atoms with Crippen LogP contribution in [-0.2, 0) is 0 Å². The van der Waals surface area contributed by atoms with E-state index in [1.165, 1.54) is 0 Å². The fraction of sp³-hybridized carbons (Fsp3) is 0.190. The fourth-order valence-corrected chi connectivity index (χ4v) is 2.89. The Bertz CT molecular complexity index is 1040. The molecule has 0 bridgehead atoms. The minimum atomic E-state index is -0.343. The highest BCUT2D eigenvalue weighted by molar-refractivity contribution is 6.03. The summed E-state index contributed by atoms with van der Waals surface area (Å²) in [6, 6.07) is 14.3. The number of nitrogens with one attached hydrogen (secondary N) is 2. The summed E-state index contributed by atoms with van der Waals surface area (Å²) >= 11 is 0. The fourth-order valence-electron chi connectivity index (χ4n) is 2.89. The number of rotatable bonds is 5. The van der Waals surface area contributed by atoms with Crippen LogP contribution in [0.15, 0.2) is 48.5 Å². The Kier molecular flexibility index (Phi) is 5.15. The lowest BCUT2D eigenvalue weighted by molar-refractivity contribution is 0.102. The Morgan fingerprint density at radius 2 is 1.69 bits per heavy atom. The lowest BCUT2D eigenvalue weighted by Crippen LogP contribution is -2.17. The second kappa shape index (κ2) is 8.05. The molecular weight excluding hydrogens is 372 g/mol. The molecule has 1 aliphatic rings. The first kappa shape index (κ1) is 18.5. The molecule has 29 heavy (non-hydrogen) atoms. The summed E-state index contributed by atoms with van der Waals surface area (Å²) < 4.78 is 16.2. The van der Waals surface area contributed by atoms with Crippen molar-refractivity contribution in [3.63, 3.8) is 0 Å². The molecule has 4 rings (SSSR count). The van der Waals surface area contributed by atoms with Crippen molar-refractivity contribution >= 4 is 23.1 Å². The summed E-state index contributed by atoms with van der Waals surface area (Å²) in [7, 11) is 1.61. The number of aryl methyl sites for hydroxylation is 1. The first-order valence-electron chi connectivity index (χ1n) is 9.08. The maximum atomic E-state index is 12.7. The molecule has 8 nitrogen and oxygen atoms in total. The average Bonchev–Trinajstić information content (AvgIpc) is 2.74. The Labute approximate surface area is 167 Å². The van der Waals surface area contributed by atoms with Gasteiger partial charge >= 0.3 is 0 Å². The molecule has 0 saturated carbocycles. The van der Waals surface area contributed by atoms with Crippen LogP contribution in [0.1, 0.15) is 16.3 Å². The highest BCUT2D eigenvalue weighted by Gasteiger charge is 2.15. The van der Waals surface area contributed by atoms with Crippen molar-refractivity contribution in [1.82, 2.24) is 9.97 Å². The van der Waals surface area contributed by atoms with E-state index in [1.807, 2.05) is 24.3 Å². The van der Waals surface area contributed by atoms with Gasteiger partial charge in [0, 0.05) is 23.5 Å². The molecule has 148 valence electrons. The molecule has 8 heteroatoms. The van der Waals surface area contributed by atoms with E-state index < -0.39 is 0 Å². The number of carbonyl (C=O) groups excluding carboxylic acids is 1. The van der Waals surface area contributed by atoms with Gasteiger partial charge in [-0.25, -0.2) is 9.97 Å². The largest absolute Gasteiger partial charge is 0.497 e. The predicted molar refractivity (Wildman–Crippen MR) is 108 cm³/mol. The van der Waals surface area contributed by atoms with Gasteiger partial charge in [0.25, 0.3) is 5.91 Å². The zero-order chi connectivity index (χ0) is 20.2. The lowest BCUT2D eigenvalue weighted by Gasteiger charge is -2.19. The molecule has 0 saturated heterocycles. The third kappa shape index (κ3) is 4.37. The van der Waals surface area contributed by atoms with Crippen LogP contribution in [0, 0.1) is 6.92 Å². The smallest absolute Gasteiger partial charge is 0.274 e. The Balaban J connectivity index is 1.51. The number of hydrogen-bond acceptors (Lipinski definition) is 7. The molecule has 0 radical (unpaired) electrons. The normalized spacial score (nSPS) is 12.2. The van der Waals surface area contributed by atoms with Gasteiger partial charge in [-0.1, -0.05) is 0 Å². The van der Waals surface area contributed by atoms with E-state index in [9.17, 15) is 4.79 Å². The minimum absolute atomic E-state index is 0.253. The molecule has 0 aliphatic carbocycles. The summed E-state index contributed by atoms with van der Waals surface area (Å²) in [5, 5.41) is 6.01. The molecular formula is C21H20N4O4. The third-order valence-electron chi connectivity index (χ3n) is 4.23. The van der Waals surface area contributed by atoms with Gasteiger partial charge < -0.3 is 24.8 Å². The summed E-state index contributed by atoms with van der Waals surface area (Å²) in [4.78, 5) is 21.3. The topological polar surface area (TPSA) is 94.6 Å². The molecule has 2 aromatic carbocycles. The Morgan fingerprint density at radius 3 is 2.45 bits per heavy atom. The van der Waals surface area contributed by atoms with E-state index in [2.05, 4.69) is 20.6 Å². The summed E-state index contributed by atoms with van der Waals surface area (Å²) in [5.41, 5.74) is 1.67. The number of amides is 1. The molecule has 1 aromatic heterocycles. The quantitative estimate of drug-likeness (QED) is 0.685. The van der Waals surface area contributed by atoms with E-state index in [-0.39, 0.29) is 11.6 Å². The first-order chi connectivity index (χ1) is 14.1. The highest BCUT2D eigenvalue weighted by atomic mass is 16.6. The molecule has 2 N–H and O–H groups in total. The SMILES string of the molecule is COc1ccc(Nc2cc(C(=O)Nc3ccc4c(c3)OCCO4)nc(C)n2)cc1. The van der Waals surface area contributed by atoms with Gasteiger partial charge in [0.1, 0.15) is 36.3 Å². The molecule has 1 aliphatic heterocycles. The number of hydrogen-bond donors (Lipinski definition) is 2. The van der Waals surface area contributed by atoms with Crippen LogP contribution >= 0.6 is 0 Å². The minimum Gasteiger partial charge on any atom is -0.497 e. The number of aromatic nitrogens is 2. The molecule has 2 heterocycles. The summed E-state index contributed by atoms with van der Waals surface area (Å²) in [6.07, 6.45) is 0. The Hall–Kier alpha value is -3.81. The first-order valence-corrected chi connectivity index (χ1v) is 9.08. The van der Waals surface area contributed by atoms with Crippen LogP contribution in [0.4, 0.5) is 17.2 Å².